The van der Waals surface area contributed by atoms with Gasteiger partial charge in [-0.25, -0.2) is 4.39 Å². The van der Waals surface area contributed by atoms with Crippen LogP contribution < -0.4 is 5.32 Å². The predicted octanol–water partition coefficient (Wildman–Crippen LogP) is 1.96. The number of aryl methyl sites for hydroxylation is 2. The fourth-order valence-electron chi connectivity index (χ4n) is 2.10. The summed E-state index contributed by atoms with van der Waals surface area (Å²) in [5.74, 6) is 0.0412. The van der Waals surface area contributed by atoms with E-state index in [2.05, 4.69) is 5.32 Å². The lowest BCUT2D eigenvalue weighted by Crippen LogP contribution is -2.34. The largest absolute Gasteiger partial charge is 0.389 e. The van der Waals surface area contributed by atoms with Crippen LogP contribution in [0.15, 0.2) is 12.1 Å². The maximum absolute atomic E-state index is 13.5. The molecular weight excluding hydrogens is 273 g/mol. The molecule has 0 heterocycles. The number of aliphatic hydroxyl groups is 1. The Balaban J connectivity index is 1.77. The van der Waals surface area contributed by atoms with Gasteiger partial charge in [0.15, 0.2) is 0 Å². The summed E-state index contributed by atoms with van der Waals surface area (Å²) in [5.41, 5.74) is 1.28. The average molecular weight is 295 g/mol. The number of amides is 1. The van der Waals surface area contributed by atoms with Crippen molar-refractivity contribution < 1.29 is 19.0 Å². The third-order valence-corrected chi connectivity index (χ3v) is 3.56. The Kier molecular flexibility index (Phi) is 5.31. The van der Waals surface area contributed by atoms with Crippen LogP contribution in [0, 0.1) is 25.6 Å². The molecular formula is C16H22FNO3. The average Bonchev–Trinajstić information content (AvgIpc) is 3.25. The lowest BCUT2D eigenvalue weighted by molar-refractivity contribution is 0.0320. The fourth-order valence-corrected chi connectivity index (χ4v) is 2.10. The van der Waals surface area contributed by atoms with Crippen LogP contribution in [0.5, 0.6) is 0 Å². The van der Waals surface area contributed by atoms with E-state index in [4.69, 9.17) is 4.74 Å². The second-order valence-corrected chi connectivity index (χ2v) is 5.77. The number of hydrogen-bond donors (Lipinski definition) is 2. The minimum atomic E-state index is -0.727. The lowest BCUT2D eigenvalue weighted by Gasteiger charge is -2.13. The highest BCUT2D eigenvalue weighted by Gasteiger charge is 2.21. The number of aliphatic hydroxyl groups excluding tert-OH is 1. The van der Waals surface area contributed by atoms with E-state index in [9.17, 15) is 14.3 Å². The van der Waals surface area contributed by atoms with Gasteiger partial charge in [-0.3, -0.25) is 4.79 Å². The third kappa shape index (κ3) is 4.79. The molecule has 1 atom stereocenters. The third-order valence-electron chi connectivity index (χ3n) is 3.56. The molecule has 5 heteroatoms. The van der Waals surface area contributed by atoms with Crippen LogP contribution in [0.25, 0.3) is 0 Å². The second kappa shape index (κ2) is 7.00. The van der Waals surface area contributed by atoms with Gasteiger partial charge < -0.3 is 15.2 Å². The number of carbonyl (C=O) groups is 1. The Morgan fingerprint density at radius 1 is 1.43 bits per heavy atom. The van der Waals surface area contributed by atoms with Crippen molar-refractivity contribution in [2.75, 3.05) is 19.8 Å². The molecule has 1 aliphatic rings. The van der Waals surface area contributed by atoms with Crippen molar-refractivity contribution in [1.82, 2.24) is 5.32 Å². The highest BCUT2D eigenvalue weighted by atomic mass is 19.1. The van der Waals surface area contributed by atoms with Gasteiger partial charge in [0, 0.05) is 18.7 Å². The Morgan fingerprint density at radius 2 is 2.05 bits per heavy atom. The van der Waals surface area contributed by atoms with E-state index in [-0.39, 0.29) is 24.9 Å². The van der Waals surface area contributed by atoms with E-state index in [1.807, 2.05) is 0 Å². The highest BCUT2D eigenvalue weighted by Crippen LogP contribution is 2.28. The minimum Gasteiger partial charge on any atom is -0.389 e. The van der Waals surface area contributed by atoms with Crippen LogP contribution in [0.4, 0.5) is 4.39 Å². The van der Waals surface area contributed by atoms with Gasteiger partial charge in [-0.2, -0.15) is 0 Å². The maximum atomic E-state index is 13.5. The molecule has 0 aromatic heterocycles. The summed E-state index contributed by atoms with van der Waals surface area (Å²) in [4.78, 5) is 12.0. The molecule has 1 unspecified atom stereocenters. The van der Waals surface area contributed by atoms with Crippen LogP contribution in [-0.4, -0.2) is 36.9 Å². The Bertz CT molecular complexity index is 491. The van der Waals surface area contributed by atoms with Crippen molar-refractivity contribution in [3.63, 3.8) is 0 Å². The number of carbonyl (C=O) groups excluding carboxylic acids is 1. The Hall–Kier alpha value is -1.46. The summed E-state index contributed by atoms with van der Waals surface area (Å²) in [6.07, 6.45) is 1.68. The minimum absolute atomic E-state index is 0.124. The predicted molar refractivity (Wildman–Crippen MR) is 77.8 cm³/mol. The van der Waals surface area contributed by atoms with Crippen LogP contribution in [0.3, 0.4) is 0 Å². The van der Waals surface area contributed by atoms with Crippen molar-refractivity contribution in [3.8, 4) is 0 Å². The molecule has 1 aromatic rings. The Labute approximate surface area is 124 Å². The molecule has 2 N–H and O–H groups in total. The second-order valence-electron chi connectivity index (χ2n) is 5.77. The van der Waals surface area contributed by atoms with Crippen molar-refractivity contribution >= 4 is 5.91 Å². The topological polar surface area (TPSA) is 58.6 Å². The van der Waals surface area contributed by atoms with Gasteiger partial charge in [-0.15, -0.1) is 0 Å². The number of halogens is 1. The normalized spacial score (nSPS) is 15.8. The monoisotopic (exact) mass is 295 g/mol. The molecule has 0 bridgehead atoms. The quantitative estimate of drug-likeness (QED) is 0.808. The summed E-state index contributed by atoms with van der Waals surface area (Å²) >= 11 is 0. The first kappa shape index (κ1) is 15.9. The molecule has 0 saturated heterocycles. The van der Waals surface area contributed by atoms with Crippen molar-refractivity contribution in [1.29, 1.82) is 0 Å². The molecule has 1 saturated carbocycles. The molecule has 0 aliphatic heterocycles. The van der Waals surface area contributed by atoms with Crippen LogP contribution in [0.1, 0.15) is 34.3 Å². The van der Waals surface area contributed by atoms with Crippen LogP contribution in [0.2, 0.25) is 0 Å². The van der Waals surface area contributed by atoms with E-state index >= 15 is 0 Å². The first-order chi connectivity index (χ1) is 9.97. The van der Waals surface area contributed by atoms with Crippen LogP contribution >= 0.6 is 0 Å². The summed E-state index contributed by atoms with van der Waals surface area (Å²) < 4.78 is 18.9. The smallest absolute Gasteiger partial charge is 0.251 e. The number of hydrogen-bond acceptors (Lipinski definition) is 3. The first-order valence-corrected chi connectivity index (χ1v) is 7.28. The molecule has 2 rings (SSSR count). The fraction of sp³-hybridized carbons (Fsp3) is 0.562. The van der Waals surface area contributed by atoms with E-state index < -0.39 is 6.10 Å². The molecule has 1 aliphatic carbocycles. The van der Waals surface area contributed by atoms with E-state index in [1.54, 1.807) is 13.8 Å². The Morgan fingerprint density at radius 3 is 2.62 bits per heavy atom. The maximum Gasteiger partial charge on any atom is 0.251 e. The zero-order valence-corrected chi connectivity index (χ0v) is 12.5. The van der Waals surface area contributed by atoms with Gasteiger partial charge in [-0.1, -0.05) is 0 Å². The molecule has 4 nitrogen and oxygen atoms in total. The highest BCUT2D eigenvalue weighted by molar-refractivity contribution is 5.94. The van der Waals surface area contributed by atoms with E-state index in [0.29, 0.717) is 29.2 Å². The summed E-state index contributed by atoms with van der Waals surface area (Å²) in [7, 11) is 0. The molecule has 1 aromatic carbocycles. The van der Waals surface area contributed by atoms with Crippen molar-refractivity contribution in [2.24, 2.45) is 5.92 Å². The molecule has 0 radical (unpaired) electrons. The van der Waals surface area contributed by atoms with Crippen molar-refractivity contribution in [2.45, 2.75) is 32.8 Å². The van der Waals surface area contributed by atoms with Gasteiger partial charge in [0.05, 0.1) is 12.7 Å². The van der Waals surface area contributed by atoms with E-state index in [1.165, 1.54) is 25.0 Å². The SMILES string of the molecule is Cc1cc(C(=O)NCC(O)COCC2CC2)cc(C)c1F. The summed E-state index contributed by atoms with van der Waals surface area (Å²) in [6, 6.07) is 3.02. The van der Waals surface area contributed by atoms with Crippen LogP contribution in [-0.2, 0) is 4.74 Å². The molecule has 116 valence electrons. The van der Waals surface area contributed by atoms with Gasteiger partial charge in [-0.05, 0) is 55.9 Å². The lowest BCUT2D eigenvalue weighted by atomic mass is 10.1. The summed E-state index contributed by atoms with van der Waals surface area (Å²) in [5, 5.41) is 12.4. The summed E-state index contributed by atoms with van der Waals surface area (Å²) in [6.45, 7) is 4.28. The number of ether oxygens (including phenoxy) is 1. The first-order valence-electron chi connectivity index (χ1n) is 7.28. The number of benzene rings is 1. The molecule has 1 amide bonds. The zero-order valence-electron chi connectivity index (χ0n) is 12.5. The number of nitrogens with one attached hydrogen (secondary N) is 1. The zero-order chi connectivity index (χ0) is 15.4. The number of rotatable bonds is 7. The molecule has 1 fully saturated rings. The van der Waals surface area contributed by atoms with Gasteiger partial charge in [0.2, 0.25) is 0 Å². The van der Waals surface area contributed by atoms with Gasteiger partial charge in [0.1, 0.15) is 5.82 Å². The van der Waals surface area contributed by atoms with Gasteiger partial charge >= 0.3 is 0 Å². The van der Waals surface area contributed by atoms with E-state index in [0.717, 1.165) is 0 Å². The molecule has 0 spiro atoms. The standard InChI is InChI=1S/C16H22FNO3/c1-10-5-13(6-11(2)15(10)17)16(20)18-7-14(19)9-21-8-12-3-4-12/h5-6,12,14,19H,3-4,7-9H2,1-2H3,(H,18,20). The van der Waals surface area contributed by atoms with Gasteiger partial charge in [0.25, 0.3) is 5.91 Å². The molecule has 21 heavy (non-hydrogen) atoms. The van der Waals surface area contributed by atoms with Crippen molar-refractivity contribution in [3.05, 3.63) is 34.6 Å².